The van der Waals surface area contributed by atoms with E-state index < -0.39 is 4.92 Å². The fourth-order valence-corrected chi connectivity index (χ4v) is 1.99. The van der Waals surface area contributed by atoms with Gasteiger partial charge in [0, 0.05) is 30.8 Å². The number of benzene rings is 1. The topological polar surface area (TPSA) is 76.6 Å². The predicted octanol–water partition coefficient (Wildman–Crippen LogP) is 3.11. The van der Waals surface area contributed by atoms with E-state index in [1.54, 1.807) is 19.4 Å². The highest BCUT2D eigenvalue weighted by Crippen LogP contribution is 2.25. The van der Waals surface area contributed by atoms with Crippen molar-refractivity contribution in [2.75, 3.05) is 7.05 Å². The predicted molar refractivity (Wildman–Crippen MR) is 72.6 cm³/mol. The molecule has 2 rings (SSSR count). The number of rotatable bonds is 4. The van der Waals surface area contributed by atoms with Crippen LogP contribution in [0.1, 0.15) is 15.9 Å². The lowest BCUT2D eigenvalue weighted by Gasteiger charge is -2.16. The second-order valence-corrected chi connectivity index (χ2v) is 4.62. The van der Waals surface area contributed by atoms with E-state index in [1.807, 2.05) is 0 Å². The molecule has 1 amide bonds. The zero-order valence-electron chi connectivity index (χ0n) is 10.6. The van der Waals surface area contributed by atoms with Gasteiger partial charge in [-0.2, -0.15) is 0 Å². The summed E-state index contributed by atoms with van der Waals surface area (Å²) in [6, 6.07) is 5.67. The number of carbonyl (C=O) groups excluding carboxylic acids is 1. The first-order valence-electron chi connectivity index (χ1n) is 5.69. The average Bonchev–Trinajstić information content (AvgIpc) is 2.90. The Kier molecular flexibility index (Phi) is 4.05. The van der Waals surface area contributed by atoms with Crippen molar-refractivity contribution in [1.82, 2.24) is 4.90 Å². The maximum Gasteiger partial charge on any atom is 0.287 e. The SMILES string of the molecule is CN(Cc1ccoc1)C(=O)c1ccc([N+](=O)[O-])c(Cl)c1. The zero-order chi connectivity index (χ0) is 14.7. The number of nitrogens with zero attached hydrogens (tertiary/aromatic N) is 2. The number of halogens is 1. The Morgan fingerprint density at radius 2 is 2.20 bits per heavy atom. The molecule has 0 atom stereocenters. The molecule has 0 unspecified atom stereocenters. The lowest BCUT2D eigenvalue weighted by atomic mass is 10.1. The third kappa shape index (κ3) is 2.97. The Bertz CT molecular complexity index is 640. The molecule has 0 N–H and O–H groups in total. The van der Waals surface area contributed by atoms with Crippen molar-refractivity contribution in [3.63, 3.8) is 0 Å². The van der Waals surface area contributed by atoms with Gasteiger partial charge in [0.15, 0.2) is 0 Å². The summed E-state index contributed by atoms with van der Waals surface area (Å²) in [6.45, 7) is 0.379. The third-order valence-electron chi connectivity index (χ3n) is 2.74. The van der Waals surface area contributed by atoms with Crippen LogP contribution in [0.15, 0.2) is 41.2 Å². The van der Waals surface area contributed by atoms with Gasteiger partial charge < -0.3 is 9.32 Å². The minimum Gasteiger partial charge on any atom is -0.472 e. The monoisotopic (exact) mass is 294 g/mol. The van der Waals surface area contributed by atoms with Crippen molar-refractivity contribution in [1.29, 1.82) is 0 Å². The summed E-state index contributed by atoms with van der Waals surface area (Å²) < 4.78 is 4.93. The van der Waals surface area contributed by atoms with Gasteiger partial charge >= 0.3 is 0 Å². The molecule has 0 aliphatic heterocycles. The van der Waals surface area contributed by atoms with E-state index in [2.05, 4.69) is 0 Å². The fourth-order valence-electron chi connectivity index (χ4n) is 1.74. The molecule has 0 spiro atoms. The maximum absolute atomic E-state index is 12.2. The van der Waals surface area contributed by atoms with Gasteiger partial charge in [-0.1, -0.05) is 11.6 Å². The largest absolute Gasteiger partial charge is 0.472 e. The lowest BCUT2D eigenvalue weighted by Crippen LogP contribution is -2.26. The quantitative estimate of drug-likeness (QED) is 0.641. The molecule has 1 aromatic carbocycles. The van der Waals surface area contributed by atoms with Crippen LogP contribution in [-0.4, -0.2) is 22.8 Å². The fraction of sp³-hybridized carbons (Fsp3) is 0.154. The van der Waals surface area contributed by atoms with Crippen LogP contribution in [0, 0.1) is 10.1 Å². The number of furan rings is 1. The zero-order valence-corrected chi connectivity index (χ0v) is 11.3. The van der Waals surface area contributed by atoms with Gasteiger partial charge in [-0.05, 0) is 18.2 Å². The number of nitro groups is 1. The van der Waals surface area contributed by atoms with Crippen LogP contribution in [0.3, 0.4) is 0 Å². The smallest absolute Gasteiger partial charge is 0.287 e. The Morgan fingerprint density at radius 3 is 2.75 bits per heavy atom. The molecule has 0 radical (unpaired) electrons. The van der Waals surface area contributed by atoms with E-state index in [-0.39, 0.29) is 16.6 Å². The van der Waals surface area contributed by atoms with Gasteiger partial charge in [0.2, 0.25) is 0 Å². The number of hydrogen-bond acceptors (Lipinski definition) is 4. The highest BCUT2D eigenvalue weighted by atomic mass is 35.5. The van der Waals surface area contributed by atoms with Crippen molar-refractivity contribution in [3.05, 3.63) is 63.1 Å². The molecule has 6 nitrogen and oxygen atoms in total. The van der Waals surface area contributed by atoms with Crippen molar-refractivity contribution in [2.24, 2.45) is 0 Å². The molecule has 7 heteroatoms. The molecule has 0 saturated heterocycles. The van der Waals surface area contributed by atoms with Crippen LogP contribution in [0.2, 0.25) is 5.02 Å². The minimum atomic E-state index is -0.591. The van der Waals surface area contributed by atoms with Crippen LogP contribution in [0.25, 0.3) is 0 Å². The molecule has 0 saturated carbocycles. The highest BCUT2D eigenvalue weighted by Gasteiger charge is 2.17. The van der Waals surface area contributed by atoms with Crippen LogP contribution in [0.4, 0.5) is 5.69 Å². The first kappa shape index (κ1) is 14.1. The van der Waals surface area contributed by atoms with Crippen molar-refractivity contribution < 1.29 is 14.1 Å². The van der Waals surface area contributed by atoms with Crippen LogP contribution >= 0.6 is 11.6 Å². The summed E-state index contributed by atoms with van der Waals surface area (Å²) in [5.41, 5.74) is 0.932. The second kappa shape index (κ2) is 5.75. The normalized spacial score (nSPS) is 10.3. The molecule has 0 aliphatic carbocycles. The number of nitro benzene ring substituents is 1. The summed E-state index contributed by atoms with van der Waals surface area (Å²) >= 11 is 5.79. The Balaban J connectivity index is 2.16. The summed E-state index contributed by atoms with van der Waals surface area (Å²) in [7, 11) is 1.63. The number of carbonyl (C=O) groups is 1. The Labute approximate surface area is 119 Å². The van der Waals surface area contributed by atoms with Gasteiger partial charge in [0.05, 0.1) is 17.4 Å². The lowest BCUT2D eigenvalue weighted by molar-refractivity contribution is -0.384. The van der Waals surface area contributed by atoms with E-state index in [0.717, 1.165) is 5.56 Å². The van der Waals surface area contributed by atoms with Gasteiger partial charge in [-0.3, -0.25) is 14.9 Å². The standard InChI is InChI=1S/C13H11ClN2O4/c1-15(7-9-4-5-20-8-9)13(17)10-2-3-12(16(18)19)11(14)6-10/h2-6,8H,7H2,1H3. The molecule has 1 aromatic heterocycles. The molecule has 0 fully saturated rings. The first-order valence-corrected chi connectivity index (χ1v) is 6.07. The molecular formula is C13H11ClN2O4. The summed E-state index contributed by atoms with van der Waals surface area (Å²) in [5, 5.41) is 10.6. The van der Waals surface area contributed by atoms with E-state index in [9.17, 15) is 14.9 Å². The highest BCUT2D eigenvalue weighted by molar-refractivity contribution is 6.33. The minimum absolute atomic E-state index is 0.0578. The number of hydrogen-bond donors (Lipinski definition) is 0. The molecule has 2 aromatic rings. The Morgan fingerprint density at radius 1 is 1.45 bits per heavy atom. The summed E-state index contributed by atoms with van der Waals surface area (Å²) in [6.07, 6.45) is 3.07. The molecule has 0 bridgehead atoms. The maximum atomic E-state index is 12.2. The number of amides is 1. The van der Waals surface area contributed by atoms with Crippen molar-refractivity contribution in [2.45, 2.75) is 6.54 Å². The second-order valence-electron chi connectivity index (χ2n) is 4.22. The van der Waals surface area contributed by atoms with Gasteiger partial charge in [-0.25, -0.2) is 0 Å². The Hall–Kier alpha value is -2.34. The first-order chi connectivity index (χ1) is 9.49. The van der Waals surface area contributed by atoms with Crippen molar-refractivity contribution in [3.8, 4) is 0 Å². The van der Waals surface area contributed by atoms with E-state index >= 15 is 0 Å². The van der Waals surface area contributed by atoms with Gasteiger partial charge in [0.25, 0.3) is 11.6 Å². The van der Waals surface area contributed by atoms with E-state index in [4.69, 9.17) is 16.0 Å². The molecule has 1 heterocycles. The van der Waals surface area contributed by atoms with Crippen LogP contribution < -0.4 is 0 Å². The molecule has 104 valence electrons. The van der Waals surface area contributed by atoms with Crippen molar-refractivity contribution >= 4 is 23.2 Å². The molecule has 0 aliphatic rings. The van der Waals surface area contributed by atoms with Gasteiger partial charge in [-0.15, -0.1) is 0 Å². The summed E-state index contributed by atoms with van der Waals surface area (Å²) in [4.78, 5) is 23.7. The molecular weight excluding hydrogens is 284 g/mol. The van der Waals surface area contributed by atoms with Crippen LogP contribution in [0.5, 0.6) is 0 Å². The average molecular weight is 295 g/mol. The van der Waals surface area contributed by atoms with E-state index in [0.29, 0.717) is 12.1 Å². The third-order valence-corrected chi connectivity index (χ3v) is 3.04. The van der Waals surface area contributed by atoms with Gasteiger partial charge in [0.1, 0.15) is 5.02 Å². The summed E-state index contributed by atoms with van der Waals surface area (Å²) in [5.74, 6) is -0.275. The van der Waals surface area contributed by atoms with Crippen LogP contribution in [-0.2, 0) is 6.54 Å². The molecule has 20 heavy (non-hydrogen) atoms. The van der Waals surface area contributed by atoms with E-state index in [1.165, 1.54) is 29.4 Å².